The van der Waals surface area contributed by atoms with Crippen LogP contribution in [0.3, 0.4) is 0 Å². The number of nitrogens with zero attached hydrogens (tertiary/aromatic N) is 3. The Morgan fingerprint density at radius 3 is 2.48 bits per heavy atom. The van der Waals surface area contributed by atoms with E-state index >= 15 is 0 Å². The molecule has 10 heteroatoms. The zero-order chi connectivity index (χ0) is 18.8. The summed E-state index contributed by atoms with van der Waals surface area (Å²) in [6, 6.07) is 7.37. The van der Waals surface area contributed by atoms with Crippen molar-refractivity contribution in [3.63, 3.8) is 0 Å². The highest BCUT2D eigenvalue weighted by atomic mass is 35.5. The smallest absolute Gasteiger partial charge is 0.270 e. The summed E-state index contributed by atoms with van der Waals surface area (Å²) < 4.78 is 25.4. The van der Waals surface area contributed by atoms with E-state index in [0.717, 1.165) is 28.7 Å². The van der Waals surface area contributed by atoms with Crippen LogP contribution in [0.4, 0.5) is 11.4 Å². The SMILES string of the molecule is CN(C)S(=O)(=O)c1cc(N=Cc2cc([N+](=O)[O-])ccc2[O-])ccc1Cl. The molecule has 0 spiro atoms. The van der Waals surface area contributed by atoms with Crippen LogP contribution >= 0.6 is 11.6 Å². The van der Waals surface area contributed by atoms with Crippen LogP contribution in [0.15, 0.2) is 46.3 Å². The minimum Gasteiger partial charge on any atom is -0.872 e. The Morgan fingerprint density at radius 1 is 1.20 bits per heavy atom. The van der Waals surface area contributed by atoms with Gasteiger partial charge in [-0.3, -0.25) is 15.1 Å². The van der Waals surface area contributed by atoms with Crippen LogP contribution < -0.4 is 5.11 Å². The normalized spacial score (nSPS) is 12.0. The number of benzene rings is 2. The lowest BCUT2D eigenvalue weighted by Crippen LogP contribution is -2.22. The van der Waals surface area contributed by atoms with E-state index in [-0.39, 0.29) is 26.9 Å². The maximum atomic E-state index is 12.2. The number of rotatable bonds is 5. The molecule has 0 saturated heterocycles. The van der Waals surface area contributed by atoms with E-state index in [9.17, 15) is 23.6 Å². The summed E-state index contributed by atoms with van der Waals surface area (Å²) >= 11 is 5.94. The number of sulfonamides is 1. The van der Waals surface area contributed by atoms with Crippen LogP contribution in [-0.4, -0.2) is 38.0 Å². The number of hydrogen-bond donors (Lipinski definition) is 0. The lowest BCUT2D eigenvalue weighted by Gasteiger charge is -2.13. The Balaban J connectivity index is 2.44. The van der Waals surface area contributed by atoms with E-state index in [4.69, 9.17) is 11.6 Å². The molecule has 2 aromatic carbocycles. The van der Waals surface area contributed by atoms with Crippen molar-refractivity contribution in [2.45, 2.75) is 4.90 Å². The minimum absolute atomic E-state index is 0.0150. The molecule has 132 valence electrons. The van der Waals surface area contributed by atoms with Gasteiger partial charge in [-0.25, -0.2) is 12.7 Å². The van der Waals surface area contributed by atoms with Gasteiger partial charge in [-0.05, 0) is 23.8 Å². The first-order valence-corrected chi connectivity index (χ1v) is 8.66. The number of halogens is 1. The van der Waals surface area contributed by atoms with Gasteiger partial charge in [0.25, 0.3) is 5.69 Å². The molecule has 0 atom stereocenters. The summed E-state index contributed by atoms with van der Waals surface area (Å²) in [7, 11) is -1.02. The third kappa shape index (κ3) is 4.13. The van der Waals surface area contributed by atoms with Gasteiger partial charge in [0.1, 0.15) is 4.90 Å². The topological polar surface area (TPSA) is 116 Å². The van der Waals surface area contributed by atoms with Crippen molar-refractivity contribution in [3.8, 4) is 5.75 Å². The van der Waals surface area contributed by atoms with Crippen LogP contribution in [0.2, 0.25) is 5.02 Å². The molecule has 0 bridgehead atoms. The molecular formula is C15H13ClN3O5S-. The zero-order valence-corrected chi connectivity index (χ0v) is 14.8. The van der Waals surface area contributed by atoms with Crippen molar-refractivity contribution >= 4 is 39.2 Å². The van der Waals surface area contributed by atoms with Gasteiger partial charge in [0.15, 0.2) is 0 Å². The predicted molar refractivity (Wildman–Crippen MR) is 92.1 cm³/mol. The van der Waals surface area contributed by atoms with Crippen LogP contribution in [0.1, 0.15) is 5.56 Å². The van der Waals surface area contributed by atoms with Gasteiger partial charge in [0.05, 0.1) is 15.6 Å². The van der Waals surface area contributed by atoms with E-state index in [2.05, 4.69) is 4.99 Å². The molecule has 0 aliphatic carbocycles. The van der Waals surface area contributed by atoms with Gasteiger partial charge in [-0.15, -0.1) is 0 Å². The minimum atomic E-state index is -3.76. The maximum absolute atomic E-state index is 12.2. The molecule has 0 aliphatic rings. The maximum Gasteiger partial charge on any atom is 0.270 e. The van der Waals surface area contributed by atoms with Crippen molar-refractivity contribution in [2.75, 3.05) is 14.1 Å². The molecule has 25 heavy (non-hydrogen) atoms. The van der Waals surface area contributed by atoms with Gasteiger partial charge in [0, 0.05) is 32.4 Å². The fourth-order valence-electron chi connectivity index (χ4n) is 1.86. The third-order valence-electron chi connectivity index (χ3n) is 3.23. The number of aliphatic imine (C=N–C) groups is 1. The quantitative estimate of drug-likeness (QED) is 0.447. The zero-order valence-electron chi connectivity index (χ0n) is 13.2. The highest BCUT2D eigenvalue weighted by Gasteiger charge is 2.21. The molecule has 0 amide bonds. The number of hydrogen-bond acceptors (Lipinski definition) is 6. The van der Waals surface area contributed by atoms with E-state index < -0.39 is 20.7 Å². The second-order valence-electron chi connectivity index (χ2n) is 5.14. The first kappa shape index (κ1) is 18.8. The standard InChI is InChI=1S/C15H14ClN3O5S/c1-18(2)25(23,24)15-8-11(3-5-13(15)16)17-9-10-7-12(19(21)22)4-6-14(10)20/h3-9,20H,1-2H3/p-1. The van der Waals surface area contributed by atoms with Crippen molar-refractivity contribution in [1.82, 2.24) is 4.31 Å². The van der Waals surface area contributed by atoms with Crippen molar-refractivity contribution < 1.29 is 18.4 Å². The van der Waals surface area contributed by atoms with Crippen molar-refractivity contribution in [1.29, 1.82) is 0 Å². The van der Waals surface area contributed by atoms with Gasteiger partial charge < -0.3 is 5.11 Å². The first-order chi connectivity index (χ1) is 11.6. The van der Waals surface area contributed by atoms with Gasteiger partial charge in [-0.2, -0.15) is 0 Å². The summed E-state index contributed by atoms with van der Waals surface area (Å²) in [6.45, 7) is 0. The van der Waals surface area contributed by atoms with Gasteiger partial charge in [0.2, 0.25) is 10.0 Å². The Hall–Kier alpha value is -2.49. The first-order valence-electron chi connectivity index (χ1n) is 6.84. The van der Waals surface area contributed by atoms with E-state index in [0.29, 0.717) is 0 Å². The summed E-state index contributed by atoms with van der Waals surface area (Å²) in [5.41, 5.74) is 0.00456. The highest BCUT2D eigenvalue weighted by Crippen LogP contribution is 2.28. The summed E-state index contributed by atoms with van der Waals surface area (Å²) in [4.78, 5) is 14.0. The fraction of sp³-hybridized carbons (Fsp3) is 0.133. The largest absolute Gasteiger partial charge is 0.872 e. The van der Waals surface area contributed by atoms with Crippen LogP contribution in [0, 0.1) is 10.1 Å². The average molecular weight is 383 g/mol. The lowest BCUT2D eigenvalue weighted by molar-refractivity contribution is -0.385. The molecule has 0 aromatic heterocycles. The monoisotopic (exact) mass is 382 g/mol. The second-order valence-corrected chi connectivity index (χ2v) is 7.67. The molecule has 8 nitrogen and oxygen atoms in total. The highest BCUT2D eigenvalue weighted by molar-refractivity contribution is 7.89. The molecule has 0 radical (unpaired) electrons. The average Bonchev–Trinajstić information content (AvgIpc) is 2.54. The third-order valence-corrected chi connectivity index (χ3v) is 5.53. The molecule has 2 aromatic rings. The van der Waals surface area contributed by atoms with Crippen LogP contribution in [0.5, 0.6) is 5.75 Å². The summed E-state index contributed by atoms with van der Waals surface area (Å²) in [6.07, 6.45) is 1.14. The molecule has 0 unspecified atom stereocenters. The Bertz CT molecular complexity index is 958. The molecule has 0 heterocycles. The Labute approximate surface area is 149 Å². The second kappa shape index (κ2) is 7.18. The van der Waals surface area contributed by atoms with Crippen LogP contribution in [0.25, 0.3) is 0 Å². The molecule has 0 saturated carbocycles. The van der Waals surface area contributed by atoms with Crippen molar-refractivity contribution in [2.24, 2.45) is 4.99 Å². The van der Waals surface area contributed by atoms with E-state index in [1.54, 1.807) is 0 Å². The molecule has 0 fully saturated rings. The number of nitro benzene ring substituents is 1. The number of nitro groups is 1. The Kier molecular flexibility index (Phi) is 5.41. The molecular weight excluding hydrogens is 370 g/mol. The van der Waals surface area contributed by atoms with E-state index in [1.807, 2.05) is 0 Å². The Morgan fingerprint density at radius 2 is 1.88 bits per heavy atom. The lowest BCUT2D eigenvalue weighted by atomic mass is 10.2. The molecule has 0 aliphatic heterocycles. The predicted octanol–water partition coefficient (Wildman–Crippen LogP) is 2.32. The van der Waals surface area contributed by atoms with Gasteiger partial charge >= 0.3 is 0 Å². The molecule has 0 N–H and O–H groups in total. The fourth-order valence-corrected chi connectivity index (χ4v) is 3.25. The number of non-ortho nitro benzene ring substituents is 1. The summed E-state index contributed by atoms with van der Waals surface area (Å²) in [5, 5.41) is 22.6. The summed E-state index contributed by atoms with van der Waals surface area (Å²) in [5.74, 6) is -0.440. The van der Waals surface area contributed by atoms with Crippen molar-refractivity contribution in [3.05, 3.63) is 57.1 Å². The van der Waals surface area contributed by atoms with Crippen LogP contribution in [-0.2, 0) is 10.0 Å². The van der Waals surface area contributed by atoms with Gasteiger partial charge in [-0.1, -0.05) is 23.4 Å². The van der Waals surface area contributed by atoms with E-state index in [1.165, 1.54) is 32.3 Å². The molecule has 2 rings (SSSR count).